The minimum absolute atomic E-state index is 0.454. The predicted molar refractivity (Wildman–Crippen MR) is 65.3 cm³/mol. The number of H-pyrrole nitrogens is 1. The summed E-state index contributed by atoms with van der Waals surface area (Å²) in [6, 6.07) is 3.71. The molecule has 2 aromatic rings. The van der Waals surface area contributed by atoms with Crippen LogP contribution in [0.4, 0.5) is 0 Å². The third kappa shape index (κ3) is 2.88. The molecule has 0 aliphatic rings. The van der Waals surface area contributed by atoms with Crippen LogP contribution in [0.25, 0.3) is 11.5 Å². The summed E-state index contributed by atoms with van der Waals surface area (Å²) in [7, 11) is 0. The Hall–Kier alpha value is -1.74. The van der Waals surface area contributed by atoms with Crippen LogP contribution in [0.2, 0.25) is 0 Å². The first-order valence-electron chi connectivity index (χ1n) is 5.32. The number of aromatic amines is 1. The number of nitrogens with zero attached hydrogens (tertiary/aromatic N) is 3. The lowest BCUT2D eigenvalue weighted by Crippen LogP contribution is -1.85. The van der Waals surface area contributed by atoms with E-state index in [0.29, 0.717) is 17.4 Å². The topological polar surface area (TPSA) is 78.5 Å². The molecule has 2 heterocycles. The molecule has 1 N–H and O–H groups in total. The molecule has 0 saturated heterocycles. The summed E-state index contributed by atoms with van der Waals surface area (Å²) >= 11 is 1.78. The standard InChI is InChI=1S/C11H12N4OS/c1-2-3-17-7-10-14-11(16-15-10)8-4-9(5-12)13-6-8/h4,6,13H,2-3,7H2,1H3. The van der Waals surface area contributed by atoms with E-state index in [2.05, 4.69) is 22.0 Å². The number of nitriles is 1. The zero-order chi connectivity index (χ0) is 12.1. The maximum Gasteiger partial charge on any atom is 0.259 e. The van der Waals surface area contributed by atoms with Gasteiger partial charge >= 0.3 is 0 Å². The van der Waals surface area contributed by atoms with E-state index in [4.69, 9.17) is 9.78 Å². The number of hydrogen-bond donors (Lipinski definition) is 1. The molecule has 0 aromatic carbocycles. The lowest BCUT2D eigenvalue weighted by atomic mass is 10.3. The fraction of sp³-hybridized carbons (Fsp3) is 0.364. The van der Waals surface area contributed by atoms with Gasteiger partial charge in [-0.25, -0.2) is 0 Å². The second kappa shape index (κ2) is 5.55. The van der Waals surface area contributed by atoms with Crippen molar-refractivity contribution in [3.05, 3.63) is 23.8 Å². The van der Waals surface area contributed by atoms with Crippen LogP contribution in [-0.2, 0) is 5.75 Å². The van der Waals surface area contributed by atoms with E-state index in [1.807, 2.05) is 6.07 Å². The molecule has 0 atom stereocenters. The first-order chi connectivity index (χ1) is 8.33. The van der Waals surface area contributed by atoms with Crippen molar-refractivity contribution < 1.29 is 4.52 Å². The Morgan fingerprint density at radius 1 is 1.59 bits per heavy atom. The minimum atomic E-state index is 0.454. The molecule has 6 heteroatoms. The molecule has 2 aromatic heterocycles. The quantitative estimate of drug-likeness (QED) is 0.823. The van der Waals surface area contributed by atoms with Crippen LogP contribution < -0.4 is 0 Å². The van der Waals surface area contributed by atoms with Gasteiger partial charge < -0.3 is 9.51 Å². The molecule has 17 heavy (non-hydrogen) atoms. The van der Waals surface area contributed by atoms with Gasteiger partial charge in [0.15, 0.2) is 5.82 Å². The van der Waals surface area contributed by atoms with Gasteiger partial charge in [-0.15, -0.1) is 0 Å². The summed E-state index contributed by atoms with van der Waals surface area (Å²) in [6.07, 6.45) is 2.83. The molecule has 0 unspecified atom stereocenters. The fourth-order valence-corrected chi connectivity index (χ4v) is 2.05. The maximum atomic E-state index is 8.70. The molecular weight excluding hydrogens is 236 g/mol. The van der Waals surface area contributed by atoms with Gasteiger partial charge in [0.05, 0.1) is 11.3 Å². The summed E-state index contributed by atoms with van der Waals surface area (Å²) in [5, 5.41) is 12.6. The van der Waals surface area contributed by atoms with Crippen LogP contribution in [0.15, 0.2) is 16.8 Å². The fourth-order valence-electron chi connectivity index (χ4n) is 1.32. The Bertz CT molecular complexity index is 526. The minimum Gasteiger partial charge on any atom is -0.352 e. The highest BCUT2D eigenvalue weighted by atomic mass is 32.2. The largest absolute Gasteiger partial charge is 0.352 e. The Kier molecular flexibility index (Phi) is 3.83. The molecule has 5 nitrogen and oxygen atoms in total. The second-order valence-electron chi connectivity index (χ2n) is 3.48. The molecule has 0 spiro atoms. The highest BCUT2D eigenvalue weighted by molar-refractivity contribution is 7.98. The molecule has 0 amide bonds. The van der Waals surface area contributed by atoms with Crippen LogP contribution in [0.5, 0.6) is 0 Å². The normalized spacial score (nSPS) is 10.4. The summed E-state index contributed by atoms with van der Waals surface area (Å²) in [6.45, 7) is 2.14. The summed E-state index contributed by atoms with van der Waals surface area (Å²) in [4.78, 5) is 7.09. The molecule has 0 radical (unpaired) electrons. The number of aromatic nitrogens is 3. The van der Waals surface area contributed by atoms with E-state index in [-0.39, 0.29) is 0 Å². The third-order valence-corrected chi connectivity index (χ3v) is 3.26. The SMILES string of the molecule is CCCSCc1noc(-c2c[nH]c(C#N)c2)n1. The Morgan fingerprint density at radius 3 is 3.18 bits per heavy atom. The molecule has 0 fully saturated rings. The van der Waals surface area contributed by atoms with Crippen LogP contribution in [0.3, 0.4) is 0 Å². The zero-order valence-corrected chi connectivity index (χ0v) is 10.3. The van der Waals surface area contributed by atoms with Gasteiger partial charge in [-0.05, 0) is 18.2 Å². The van der Waals surface area contributed by atoms with E-state index in [1.165, 1.54) is 0 Å². The third-order valence-electron chi connectivity index (χ3n) is 2.10. The highest BCUT2D eigenvalue weighted by Crippen LogP contribution is 2.19. The van der Waals surface area contributed by atoms with Gasteiger partial charge in [-0.2, -0.15) is 22.0 Å². The van der Waals surface area contributed by atoms with E-state index in [0.717, 1.165) is 23.5 Å². The van der Waals surface area contributed by atoms with Gasteiger partial charge in [-0.3, -0.25) is 0 Å². The maximum absolute atomic E-state index is 8.70. The molecule has 0 saturated carbocycles. The van der Waals surface area contributed by atoms with Crippen molar-refractivity contribution in [3.63, 3.8) is 0 Å². The van der Waals surface area contributed by atoms with E-state index < -0.39 is 0 Å². The summed E-state index contributed by atoms with van der Waals surface area (Å²) < 4.78 is 5.14. The van der Waals surface area contributed by atoms with Crippen molar-refractivity contribution in [2.24, 2.45) is 0 Å². The second-order valence-corrected chi connectivity index (χ2v) is 4.59. The van der Waals surface area contributed by atoms with Gasteiger partial charge in [0.25, 0.3) is 5.89 Å². The van der Waals surface area contributed by atoms with Crippen LogP contribution >= 0.6 is 11.8 Å². The predicted octanol–water partition coefficient (Wildman–Crippen LogP) is 2.58. The Balaban J connectivity index is 2.05. The van der Waals surface area contributed by atoms with Gasteiger partial charge in [0.1, 0.15) is 11.8 Å². The van der Waals surface area contributed by atoms with E-state index in [1.54, 1.807) is 24.0 Å². The van der Waals surface area contributed by atoms with Crippen molar-refractivity contribution in [2.75, 3.05) is 5.75 Å². The Morgan fingerprint density at radius 2 is 2.47 bits per heavy atom. The van der Waals surface area contributed by atoms with Crippen molar-refractivity contribution in [1.82, 2.24) is 15.1 Å². The first-order valence-corrected chi connectivity index (χ1v) is 6.48. The lowest BCUT2D eigenvalue weighted by molar-refractivity contribution is 0.425. The number of nitrogens with one attached hydrogen (secondary N) is 1. The van der Waals surface area contributed by atoms with Crippen molar-refractivity contribution in [1.29, 1.82) is 5.26 Å². The van der Waals surface area contributed by atoms with Gasteiger partial charge in [0.2, 0.25) is 0 Å². The smallest absolute Gasteiger partial charge is 0.259 e. The average molecular weight is 248 g/mol. The van der Waals surface area contributed by atoms with Crippen LogP contribution in [-0.4, -0.2) is 20.9 Å². The number of rotatable bonds is 5. The van der Waals surface area contributed by atoms with E-state index >= 15 is 0 Å². The Labute approximate surface area is 103 Å². The van der Waals surface area contributed by atoms with Crippen LogP contribution in [0, 0.1) is 11.3 Å². The van der Waals surface area contributed by atoms with Crippen LogP contribution in [0.1, 0.15) is 24.9 Å². The van der Waals surface area contributed by atoms with Crippen molar-refractivity contribution in [2.45, 2.75) is 19.1 Å². The molecule has 0 aliphatic carbocycles. The summed E-state index contributed by atoms with van der Waals surface area (Å²) in [5.74, 6) is 2.99. The highest BCUT2D eigenvalue weighted by Gasteiger charge is 2.10. The molecule has 2 rings (SSSR count). The van der Waals surface area contributed by atoms with Gasteiger partial charge in [-0.1, -0.05) is 12.1 Å². The number of thioether (sulfide) groups is 1. The summed E-state index contributed by atoms with van der Waals surface area (Å²) in [5.41, 5.74) is 1.24. The van der Waals surface area contributed by atoms with E-state index in [9.17, 15) is 0 Å². The zero-order valence-electron chi connectivity index (χ0n) is 9.43. The molecule has 88 valence electrons. The first kappa shape index (κ1) is 11.7. The van der Waals surface area contributed by atoms with Crippen molar-refractivity contribution in [3.8, 4) is 17.5 Å². The molecular formula is C11H12N4OS. The molecule has 0 aliphatic heterocycles. The number of hydrogen-bond acceptors (Lipinski definition) is 5. The van der Waals surface area contributed by atoms with Crippen molar-refractivity contribution >= 4 is 11.8 Å². The molecule has 0 bridgehead atoms. The average Bonchev–Trinajstić information content (AvgIpc) is 2.97. The lowest BCUT2D eigenvalue weighted by Gasteiger charge is -1.91. The monoisotopic (exact) mass is 248 g/mol. The van der Waals surface area contributed by atoms with Gasteiger partial charge in [0, 0.05) is 6.20 Å².